The largest absolute Gasteiger partial charge is 0.356 e. The Hall–Kier alpha value is -1.11. The van der Waals surface area contributed by atoms with E-state index < -0.39 is 0 Å². The third kappa shape index (κ3) is 6.58. The number of nitrogens with zero attached hydrogens (tertiary/aromatic N) is 1. The summed E-state index contributed by atoms with van der Waals surface area (Å²) in [6.07, 6.45) is 2.52. The van der Waals surface area contributed by atoms with E-state index >= 15 is 0 Å². The van der Waals surface area contributed by atoms with Crippen molar-refractivity contribution in [2.45, 2.75) is 6.42 Å². The molecule has 0 saturated carbocycles. The second kappa shape index (κ2) is 9.87. The molecule has 0 aliphatic carbocycles. The first kappa shape index (κ1) is 16.9. The van der Waals surface area contributed by atoms with Crippen LogP contribution in [0.1, 0.15) is 5.56 Å². The second-order valence-corrected chi connectivity index (χ2v) is 3.55. The normalized spacial score (nSPS) is 10.4. The lowest BCUT2D eigenvalue weighted by Gasteiger charge is -2.10. The Labute approximate surface area is 125 Å². The third-order valence-electron chi connectivity index (χ3n) is 2.23. The first-order valence-electron chi connectivity index (χ1n) is 5.56. The minimum absolute atomic E-state index is 0. The molecule has 0 atom stereocenters. The summed E-state index contributed by atoms with van der Waals surface area (Å²) in [6.45, 7) is 4.99. The van der Waals surface area contributed by atoms with E-state index in [9.17, 15) is 4.39 Å². The third-order valence-corrected chi connectivity index (χ3v) is 2.23. The molecule has 0 aliphatic rings. The highest BCUT2D eigenvalue weighted by molar-refractivity contribution is 14.0. The number of guanidine groups is 1. The molecule has 0 amide bonds. The van der Waals surface area contributed by atoms with Crippen molar-refractivity contribution in [3.8, 4) is 0 Å². The Bertz CT molecular complexity index is 394. The maximum absolute atomic E-state index is 12.9. The summed E-state index contributed by atoms with van der Waals surface area (Å²) in [5, 5.41) is 6.20. The van der Waals surface area contributed by atoms with E-state index in [2.05, 4.69) is 22.2 Å². The summed E-state index contributed by atoms with van der Waals surface area (Å²) in [4.78, 5) is 4.05. The molecule has 18 heavy (non-hydrogen) atoms. The Balaban J connectivity index is 0.00000289. The Morgan fingerprint density at radius 2 is 2.22 bits per heavy atom. The van der Waals surface area contributed by atoms with E-state index in [1.807, 2.05) is 6.07 Å². The Kier molecular flexibility index (Phi) is 9.26. The fourth-order valence-electron chi connectivity index (χ4n) is 1.41. The highest BCUT2D eigenvalue weighted by Crippen LogP contribution is 2.03. The molecule has 0 spiro atoms. The first-order chi connectivity index (χ1) is 8.26. The van der Waals surface area contributed by atoms with Gasteiger partial charge in [0.05, 0.1) is 0 Å². The summed E-state index contributed by atoms with van der Waals surface area (Å²) < 4.78 is 12.9. The number of halogens is 2. The number of nitrogens with one attached hydrogen (secondary N) is 2. The monoisotopic (exact) mass is 363 g/mol. The molecule has 0 aromatic heterocycles. The van der Waals surface area contributed by atoms with Crippen LogP contribution in [0, 0.1) is 5.82 Å². The lowest BCUT2D eigenvalue weighted by Crippen LogP contribution is -2.38. The maximum Gasteiger partial charge on any atom is 0.191 e. The topological polar surface area (TPSA) is 36.4 Å². The van der Waals surface area contributed by atoms with E-state index in [1.54, 1.807) is 25.3 Å². The van der Waals surface area contributed by atoms with Crippen molar-refractivity contribution in [1.82, 2.24) is 10.6 Å². The minimum atomic E-state index is -0.198. The van der Waals surface area contributed by atoms with Crippen molar-refractivity contribution in [1.29, 1.82) is 0 Å². The fraction of sp³-hybridized carbons (Fsp3) is 0.308. The van der Waals surface area contributed by atoms with Gasteiger partial charge in [0.15, 0.2) is 5.96 Å². The smallest absolute Gasteiger partial charge is 0.191 e. The number of benzene rings is 1. The zero-order valence-electron chi connectivity index (χ0n) is 10.4. The van der Waals surface area contributed by atoms with Gasteiger partial charge in [0, 0.05) is 20.1 Å². The summed E-state index contributed by atoms with van der Waals surface area (Å²) in [5.41, 5.74) is 0.969. The van der Waals surface area contributed by atoms with Crippen molar-refractivity contribution in [3.05, 3.63) is 48.3 Å². The van der Waals surface area contributed by atoms with Crippen LogP contribution >= 0.6 is 24.0 Å². The predicted molar refractivity (Wildman–Crippen MR) is 85.1 cm³/mol. The van der Waals surface area contributed by atoms with Gasteiger partial charge in [-0.25, -0.2) is 4.39 Å². The van der Waals surface area contributed by atoms with Gasteiger partial charge >= 0.3 is 0 Å². The molecule has 100 valence electrons. The van der Waals surface area contributed by atoms with Crippen LogP contribution in [0.25, 0.3) is 0 Å². The molecule has 1 aromatic carbocycles. The van der Waals surface area contributed by atoms with Crippen LogP contribution in [-0.2, 0) is 6.42 Å². The van der Waals surface area contributed by atoms with Crippen molar-refractivity contribution < 1.29 is 4.39 Å². The molecule has 3 nitrogen and oxygen atoms in total. The molecule has 0 aliphatic heterocycles. The van der Waals surface area contributed by atoms with Gasteiger partial charge in [-0.05, 0) is 24.1 Å². The summed E-state index contributed by atoms with van der Waals surface area (Å²) in [5.74, 6) is 0.526. The predicted octanol–water partition coefficient (Wildman–Crippen LogP) is 2.34. The van der Waals surface area contributed by atoms with Crippen LogP contribution < -0.4 is 10.6 Å². The molecular formula is C13H19FIN3. The zero-order chi connectivity index (χ0) is 12.5. The van der Waals surface area contributed by atoms with Crippen LogP contribution in [-0.4, -0.2) is 26.1 Å². The lowest BCUT2D eigenvalue weighted by atomic mass is 10.1. The molecule has 0 bridgehead atoms. The fourth-order valence-corrected chi connectivity index (χ4v) is 1.41. The molecule has 1 rings (SSSR count). The van der Waals surface area contributed by atoms with Crippen LogP contribution in [0.4, 0.5) is 4.39 Å². The standard InChI is InChI=1S/C13H18FN3.HI/c1-3-8-16-13(15-2)17-9-7-11-5-4-6-12(14)10-11;/h3-6,10H,1,7-9H2,2H3,(H2,15,16,17);1H. The quantitative estimate of drug-likeness (QED) is 0.365. The van der Waals surface area contributed by atoms with Gasteiger partial charge in [-0.1, -0.05) is 18.2 Å². The molecule has 0 heterocycles. The van der Waals surface area contributed by atoms with Gasteiger partial charge < -0.3 is 10.6 Å². The molecule has 0 radical (unpaired) electrons. The van der Waals surface area contributed by atoms with Gasteiger partial charge in [0.25, 0.3) is 0 Å². The molecule has 1 aromatic rings. The number of hydrogen-bond acceptors (Lipinski definition) is 1. The van der Waals surface area contributed by atoms with Gasteiger partial charge in [0.2, 0.25) is 0 Å². The van der Waals surface area contributed by atoms with Crippen molar-refractivity contribution in [2.24, 2.45) is 4.99 Å². The number of rotatable bonds is 5. The average Bonchev–Trinajstić information content (AvgIpc) is 2.33. The molecular weight excluding hydrogens is 344 g/mol. The van der Waals surface area contributed by atoms with Gasteiger partial charge in [-0.15, -0.1) is 30.6 Å². The van der Waals surface area contributed by atoms with Crippen molar-refractivity contribution in [2.75, 3.05) is 20.1 Å². The van der Waals surface area contributed by atoms with Crippen LogP contribution in [0.15, 0.2) is 41.9 Å². The Morgan fingerprint density at radius 3 is 2.83 bits per heavy atom. The van der Waals surface area contributed by atoms with Crippen molar-refractivity contribution in [3.63, 3.8) is 0 Å². The highest BCUT2D eigenvalue weighted by Gasteiger charge is 1.97. The van der Waals surface area contributed by atoms with E-state index in [4.69, 9.17) is 0 Å². The number of hydrogen-bond donors (Lipinski definition) is 2. The highest BCUT2D eigenvalue weighted by atomic mass is 127. The van der Waals surface area contributed by atoms with E-state index in [0.717, 1.165) is 17.9 Å². The van der Waals surface area contributed by atoms with Gasteiger partial charge in [0.1, 0.15) is 5.82 Å². The lowest BCUT2D eigenvalue weighted by molar-refractivity contribution is 0.625. The Morgan fingerprint density at radius 1 is 1.44 bits per heavy atom. The average molecular weight is 363 g/mol. The van der Waals surface area contributed by atoms with Crippen molar-refractivity contribution >= 4 is 29.9 Å². The van der Waals surface area contributed by atoms with Crippen LogP contribution in [0.3, 0.4) is 0 Å². The van der Waals surface area contributed by atoms with Gasteiger partial charge in [-0.3, -0.25) is 4.99 Å². The van der Waals surface area contributed by atoms with E-state index in [0.29, 0.717) is 13.1 Å². The summed E-state index contributed by atoms with van der Waals surface area (Å²) in [6, 6.07) is 6.61. The molecule has 2 N–H and O–H groups in total. The van der Waals surface area contributed by atoms with Crippen LogP contribution in [0.5, 0.6) is 0 Å². The summed E-state index contributed by atoms with van der Waals surface area (Å²) >= 11 is 0. The molecule has 0 saturated heterocycles. The molecule has 0 unspecified atom stereocenters. The SMILES string of the molecule is C=CCNC(=NC)NCCc1cccc(F)c1.I. The van der Waals surface area contributed by atoms with E-state index in [1.165, 1.54) is 6.07 Å². The second-order valence-electron chi connectivity index (χ2n) is 3.55. The maximum atomic E-state index is 12.9. The van der Waals surface area contributed by atoms with Crippen LogP contribution in [0.2, 0.25) is 0 Å². The zero-order valence-corrected chi connectivity index (χ0v) is 12.8. The molecule has 5 heteroatoms. The van der Waals surface area contributed by atoms with Gasteiger partial charge in [-0.2, -0.15) is 0 Å². The molecule has 0 fully saturated rings. The first-order valence-corrected chi connectivity index (χ1v) is 5.56. The number of aliphatic imine (C=N–C) groups is 1. The summed E-state index contributed by atoms with van der Waals surface area (Å²) in [7, 11) is 1.71. The van der Waals surface area contributed by atoms with E-state index in [-0.39, 0.29) is 29.8 Å². The minimum Gasteiger partial charge on any atom is -0.356 e.